The number of unbranched alkanes of at least 4 members (excludes halogenated alkanes) is 1. The lowest BCUT2D eigenvalue weighted by Gasteiger charge is -2.22. The van der Waals surface area contributed by atoms with E-state index < -0.39 is 0 Å². The van der Waals surface area contributed by atoms with Crippen molar-refractivity contribution in [2.75, 3.05) is 19.6 Å². The molecule has 0 aromatic heterocycles. The Hall–Kier alpha value is -0.570. The van der Waals surface area contributed by atoms with E-state index in [1.54, 1.807) is 0 Å². The van der Waals surface area contributed by atoms with Crippen LogP contribution in [0.15, 0.2) is 0 Å². The molecule has 0 spiro atoms. The maximum Gasteiger partial charge on any atom is 0.222 e. The molecule has 0 aliphatic heterocycles. The molecule has 0 aromatic carbocycles. The van der Waals surface area contributed by atoms with E-state index in [1.165, 1.54) is 0 Å². The lowest BCUT2D eigenvalue weighted by Crippen LogP contribution is -2.34. The molecule has 1 unspecified atom stereocenters. The van der Waals surface area contributed by atoms with Crippen molar-refractivity contribution in [3.8, 4) is 0 Å². The molecule has 0 bridgehead atoms. The third-order valence-electron chi connectivity index (χ3n) is 2.89. The lowest BCUT2D eigenvalue weighted by atomic mass is 10.0. The highest BCUT2D eigenvalue weighted by molar-refractivity contribution is 5.76. The number of rotatable bonds is 8. The normalized spacial score (nSPS) is 12.5. The van der Waals surface area contributed by atoms with Crippen molar-refractivity contribution in [3.63, 3.8) is 0 Å². The molecule has 1 amide bonds. The van der Waals surface area contributed by atoms with Crippen molar-refractivity contribution in [1.82, 2.24) is 4.90 Å². The van der Waals surface area contributed by atoms with Crippen LogP contribution < -0.4 is 5.73 Å². The van der Waals surface area contributed by atoms with Crippen LogP contribution in [0.1, 0.15) is 46.5 Å². The first-order valence-corrected chi connectivity index (χ1v) is 6.17. The summed E-state index contributed by atoms with van der Waals surface area (Å²) in [6.07, 6.45) is 3.84. The first-order valence-electron chi connectivity index (χ1n) is 6.17. The Labute approximate surface area is 94.0 Å². The van der Waals surface area contributed by atoms with E-state index in [9.17, 15) is 4.79 Å². The highest BCUT2D eigenvalue weighted by Gasteiger charge is 2.15. The van der Waals surface area contributed by atoms with Gasteiger partial charge >= 0.3 is 0 Å². The summed E-state index contributed by atoms with van der Waals surface area (Å²) in [6, 6.07) is 0. The fourth-order valence-corrected chi connectivity index (χ4v) is 1.58. The van der Waals surface area contributed by atoms with Gasteiger partial charge in [0, 0.05) is 19.5 Å². The van der Waals surface area contributed by atoms with Crippen molar-refractivity contribution in [2.24, 2.45) is 11.7 Å². The highest BCUT2D eigenvalue weighted by atomic mass is 16.2. The van der Waals surface area contributed by atoms with Gasteiger partial charge in [-0.25, -0.2) is 0 Å². The number of carbonyl (C=O) groups excluding carboxylic acids is 1. The summed E-state index contributed by atoms with van der Waals surface area (Å²) in [5.41, 5.74) is 5.60. The standard InChI is InChI=1S/C12H26N2O/c1-4-7-8-14(6-3)12(15)9-11(5-2)10-13/h11H,4-10,13H2,1-3H3. The summed E-state index contributed by atoms with van der Waals surface area (Å²) in [4.78, 5) is 13.8. The number of hydrogen-bond acceptors (Lipinski definition) is 2. The van der Waals surface area contributed by atoms with Crippen molar-refractivity contribution in [2.45, 2.75) is 46.5 Å². The molecular weight excluding hydrogens is 188 g/mol. The molecule has 3 heteroatoms. The summed E-state index contributed by atoms with van der Waals surface area (Å²) >= 11 is 0. The molecule has 1 atom stereocenters. The fraction of sp³-hybridized carbons (Fsp3) is 0.917. The van der Waals surface area contributed by atoms with Crippen LogP contribution in [0.4, 0.5) is 0 Å². The monoisotopic (exact) mass is 214 g/mol. The Kier molecular flexibility index (Phi) is 8.38. The largest absolute Gasteiger partial charge is 0.343 e. The van der Waals surface area contributed by atoms with Crippen molar-refractivity contribution in [3.05, 3.63) is 0 Å². The van der Waals surface area contributed by atoms with Crippen LogP contribution in [0, 0.1) is 5.92 Å². The summed E-state index contributed by atoms with van der Waals surface area (Å²) in [5, 5.41) is 0. The average Bonchev–Trinajstić information content (AvgIpc) is 2.26. The minimum absolute atomic E-state index is 0.267. The number of amides is 1. The van der Waals surface area contributed by atoms with Crippen molar-refractivity contribution >= 4 is 5.91 Å². The predicted octanol–water partition coefficient (Wildman–Crippen LogP) is 2.01. The molecule has 2 N–H and O–H groups in total. The van der Waals surface area contributed by atoms with E-state index in [4.69, 9.17) is 5.73 Å². The zero-order chi connectivity index (χ0) is 11.7. The minimum atomic E-state index is 0.267. The second kappa shape index (κ2) is 8.72. The van der Waals surface area contributed by atoms with Gasteiger partial charge in [-0.05, 0) is 25.8 Å². The smallest absolute Gasteiger partial charge is 0.222 e. The fourth-order valence-electron chi connectivity index (χ4n) is 1.58. The topological polar surface area (TPSA) is 46.3 Å². The number of nitrogens with two attached hydrogens (primary N) is 1. The van der Waals surface area contributed by atoms with E-state index in [2.05, 4.69) is 13.8 Å². The molecule has 0 rings (SSSR count). The number of hydrogen-bond donors (Lipinski definition) is 1. The van der Waals surface area contributed by atoms with Crippen LogP contribution in [0.3, 0.4) is 0 Å². The summed E-state index contributed by atoms with van der Waals surface area (Å²) in [7, 11) is 0. The van der Waals surface area contributed by atoms with E-state index in [0.29, 0.717) is 18.9 Å². The van der Waals surface area contributed by atoms with Gasteiger partial charge in [0.1, 0.15) is 0 Å². The molecule has 15 heavy (non-hydrogen) atoms. The third-order valence-corrected chi connectivity index (χ3v) is 2.89. The van der Waals surface area contributed by atoms with Gasteiger partial charge in [0.15, 0.2) is 0 Å². The molecule has 0 aromatic rings. The lowest BCUT2D eigenvalue weighted by molar-refractivity contribution is -0.132. The van der Waals surface area contributed by atoms with Gasteiger partial charge in [-0.3, -0.25) is 4.79 Å². The second-order valence-corrected chi connectivity index (χ2v) is 4.04. The molecule has 0 radical (unpaired) electrons. The molecule has 90 valence electrons. The summed E-state index contributed by atoms with van der Waals surface area (Å²) in [6.45, 7) is 8.61. The molecule has 0 saturated heterocycles. The van der Waals surface area contributed by atoms with Gasteiger partial charge in [0.05, 0.1) is 0 Å². The van der Waals surface area contributed by atoms with E-state index in [1.807, 2.05) is 11.8 Å². The maximum absolute atomic E-state index is 11.9. The van der Waals surface area contributed by atoms with Crippen LogP contribution in [0.25, 0.3) is 0 Å². The third kappa shape index (κ3) is 5.78. The number of carbonyl (C=O) groups is 1. The zero-order valence-electron chi connectivity index (χ0n) is 10.5. The maximum atomic E-state index is 11.9. The first-order chi connectivity index (χ1) is 7.19. The Morgan fingerprint density at radius 1 is 1.33 bits per heavy atom. The molecule has 0 fully saturated rings. The SMILES string of the molecule is CCCCN(CC)C(=O)CC(CC)CN. The van der Waals surface area contributed by atoms with Crippen molar-refractivity contribution < 1.29 is 4.79 Å². The summed E-state index contributed by atoms with van der Waals surface area (Å²) < 4.78 is 0. The average molecular weight is 214 g/mol. The molecule has 0 saturated carbocycles. The van der Waals surface area contributed by atoms with Crippen LogP contribution in [-0.4, -0.2) is 30.4 Å². The Morgan fingerprint density at radius 2 is 2.00 bits per heavy atom. The molecule has 3 nitrogen and oxygen atoms in total. The van der Waals surface area contributed by atoms with E-state index in [0.717, 1.165) is 32.4 Å². The molecule has 0 aliphatic carbocycles. The Balaban J connectivity index is 4.02. The van der Waals surface area contributed by atoms with Crippen LogP contribution in [-0.2, 0) is 4.79 Å². The van der Waals surface area contributed by atoms with Gasteiger partial charge in [0.2, 0.25) is 5.91 Å². The van der Waals surface area contributed by atoms with Gasteiger partial charge < -0.3 is 10.6 Å². The van der Waals surface area contributed by atoms with Gasteiger partial charge in [-0.1, -0.05) is 26.7 Å². The number of nitrogens with zero attached hydrogens (tertiary/aromatic N) is 1. The zero-order valence-corrected chi connectivity index (χ0v) is 10.5. The van der Waals surface area contributed by atoms with E-state index in [-0.39, 0.29) is 5.91 Å². The quantitative estimate of drug-likeness (QED) is 0.672. The molecule has 0 aliphatic rings. The van der Waals surface area contributed by atoms with E-state index >= 15 is 0 Å². The van der Waals surface area contributed by atoms with Crippen LogP contribution in [0.5, 0.6) is 0 Å². The molecular formula is C12H26N2O. The summed E-state index contributed by atoms with van der Waals surface area (Å²) in [5.74, 6) is 0.622. The predicted molar refractivity (Wildman–Crippen MR) is 64.6 cm³/mol. The van der Waals surface area contributed by atoms with Crippen LogP contribution >= 0.6 is 0 Å². The Bertz CT molecular complexity index is 167. The van der Waals surface area contributed by atoms with Gasteiger partial charge in [-0.2, -0.15) is 0 Å². The highest BCUT2D eigenvalue weighted by Crippen LogP contribution is 2.09. The van der Waals surface area contributed by atoms with Crippen LogP contribution in [0.2, 0.25) is 0 Å². The van der Waals surface area contributed by atoms with Gasteiger partial charge in [0.25, 0.3) is 0 Å². The first kappa shape index (κ1) is 14.4. The Morgan fingerprint density at radius 3 is 2.40 bits per heavy atom. The molecule has 0 heterocycles. The minimum Gasteiger partial charge on any atom is -0.343 e. The second-order valence-electron chi connectivity index (χ2n) is 4.04. The van der Waals surface area contributed by atoms with Crippen molar-refractivity contribution in [1.29, 1.82) is 0 Å². The van der Waals surface area contributed by atoms with Gasteiger partial charge in [-0.15, -0.1) is 0 Å².